The molecule has 1 unspecified atom stereocenters. The Hall–Kier alpha value is -0.940. The molecule has 0 spiro atoms. The minimum absolute atomic E-state index is 0.0268. The SMILES string of the molecule is O=C(O)C(=O)CC(O)CCO. The summed E-state index contributed by atoms with van der Waals surface area (Å²) in [4.78, 5) is 20.3. The predicted octanol–water partition coefficient (Wildman–Crippen LogP) is -1.23. The maximum atomic E-state index is 10.4. The second-order valence-corrected chi connectivity index (χ2v) is 2.10. The zero-order valence-corrected chi connectivity index (χ0v) is 5.86. The fraction of sp³-hybridized carbons (Fsp3) is 0.667. The predicted molar refractivity (Wildman–Crippen MR) is 35.0 cm³/mol. The van der Waals surface area contributed by atoms with Crippen molar-refractivity contribution in [2.45, 2.75) is 18.9 Å². The second kappa shape index (κ2) is 4.81. The van der Waals surface area contributed by atoms with Crippen LogP contribution in [0, 0.1) is 0 Å². The van der Waals surface area contributed by atoms with Crippen molar-refractivity contribution >= 4 is 11.8 Å². The van der Waals surface area contributed by atoms with Gasteiger partial charge in [-0.15, -0.1) is 0 Å². The third-order valence-electron chi connectivity index (χ3n) is 1.12. The molecule has 0 amide bonds. The van der Waals surface area contributed by atoms with E-state index in [2.05, 4.69) is 0 Å². The molecular weight excluding hydrogens is 152 g/mol. The fourth-order valence-corrected chi connectivity index (χ4v) is 0.552. The highest BCUT2D eigenvalue weighted by Gasteiger charge is 2.16. The first-order valence-electron chi connectivity index (χ1n) is 3.13. The average molecular weight is 162 g/mol. The highest BCUT2D eigenvalue weighted by atomic mass is 16.4. The first-order valence-corrected chi connectivity index (χ1v) is 3.13. The van der Waals surface area contributed by atoms with Gasteiger partial charge in [-0.1, -0.05) is 0 Å². The van der Waals surface area contributed by atoms with Crippen molar-refractivity contribution in [2.75, 3.05) is 6.61 Å². The molecule has 0 aliphatic carbocycles. The quantitative estimate of drug-likeness (QED) is 0.440. The Morgan fingerprint density at radius 1 is 1.36 bits per heavy atom. The van der Waals surface area contributed by atoms with E-state index in [-0.39, 0.29) is 13.0 Å². The normalized spacial score (nSPS) is 12.5. The number of Topliss-reactive ketones (excluding diaryl/α,β-unsaturated/α-hetero) is 1. The minimum atomic E-state index is -1.55. The van der Waals surface area contributed by atoms with E-state index in [0.717, 1.165) is 0 Å². The van der Waals surface area contributed by atoms with Crippen molar-refractivity contribution in [3.05, 3.63) is 0 Å². The smallest absolute Gasteiger partial charge is 0.372 e. The summed E-state index contributed by atoms with van der Waals surface area (Å²) in [6.45, 7) is -0.256. The van der Waals surface area contributed by atoms with Crippen LogP contribution in [0.15, 0.2) is 0 Å². The molecule has 3 N–H and O–H groups in total. The number of carbonyl (C=O) groups is 2. The van der Waals surface area contributed by atoms with Crippen LogP contribution in [0.4, 0.5) is 0 Å². The van der Waals surface area contributed by atoms with Crippen LogP contribution in [-0.4, -0.2) is 39.8 Å². The molecule has 5 nitrogen and oxygen atoms in total. The van der Waals surface area contributed by atoms with Crippen molar-refractivity contribution in [2.24, 2.45) is 0 Å². The number of carboxylic acid groups (broad SMARTS) is 1. The van der Waals surface area contributed by atoms with Gasteiger partial charge in [0.1, 0.15) is 0 Å². The summed E-state index contributed by atoms with van der Waals surface area (Å²) in [5.41, 5.74) is 0. The zero-order chi connectivity index (χ0) is 8.85. The largest absolute Gasteiger partial charge is 0.475 e. The summed E-state index contributed by atoms with van der Waals surface area (Å²) in [6, 6.07) is 0. The Morgan fingerprint density at radius 3 is 2.27 bits per heavy atom. The van der Waals surface area contributed by atoms with Crippen molar-refractivity contribution < 1.29 is 24.9 Å². The minimum Gasteiger partial charge on any atom is -0.475 e. The van der Waals surface area contributed by atoms with Crippen molar-refractivity contribution in [1.29, 1.82) is 0 Å². The molecule has 0 bridgehead atoms. The Kier molecular flexibility index (Phi) is 4.40. The second-order valence-electron chi connectivity index (χ2n) is 2.10. The van der Waals surface area contributed by atoms with Gasteiger partial charge >= 0.3 is 5.97 Å². The van der Waals surface area contributed by atoms with Gasteiger partial charge in [0.2, 0.25) is 5.78 Å². The summed E-state index contributed by atoms with van der Waals surface area (Å²) in [7, 11) is 0. The lowest BCUT2D eigenvalue weighted by molar-refractivity contribution is -0.150. The van der Waals surface area contributed by atoms with Gasteiger partial charge in [0.15, 0.2) is 0 Å². The van der Waals surface area contributed by atoms with Gasteiger partial charge in [0, 0.05) is 13.0 Å². The Balaban J connectivity index is 3.66. The summed E-state index contributed by atoms with van der Waals surface area (Å²) in [6.07, 6.45) is -1.46. The van der Waals surface area contributed by atoms with Gasteiger partial charge in [0.25, 0.3) is 0 Å². The average Bonchev–Trinajstić information content (AvgIpc) is 1.87. The van der Waals surface area contributed by atoms with E-state index < -0.39 is 24.3 Å². The van der Waals surface area contributed by atoms with Crippen LogP contribution in [0.5, 0.6) is 0 Å². The number of carbonyl (C=O) groups excluding carboxylic acids is 1. The molecule has 0 aliphatic heterocycles. The maximum absolute atomic E-state index is 10.4. The first-order chi connectivity index (χ1) is 5.07. The molecule has 0 aromatic rings. The van der Waals surface area contributed by atoms with Gasteiger partial charge in [0.05, 0.1) is 6.10 Å². The maximum Gasteiger partial charge on any atom is 0.372 e. The molecule has 0 rings (SSSR count). The molecule has 0 radical (unpaired) electrons. The van der Waals surface area contributed by atoms with Crippen LogP contribution < -0.4 is 0 Å². The van der Waals surface area contributed by atoms with Gasteiger partial charge in [-0.25, -0.2) is 4.79 Å². The van der Waals surface area contributed by atoms with Crippen LogP contribution >= 0.6 is 0 Å². The van der Waals surface area contributed by atoms with Crippen LogP contribution in [-0.2, 0) is 9.59 Å². The molecule has 64 valence electrons. The number of hydrogen-bond acceptors (Lipinski definition) is 4. The van der Waals surface area contributed by atoms with Crippen LogP contribution in [0.2, 0.25) is 0 Å². The summed E-state index contributed by atoms with van der Waals surface area (Å²) < 4.78 is 0. The Labute approximate surface area is 63.3 Å². The number of aliphatic hydroxyl groups is 2. The van der Waals surface area contributed by atoms with Crippen molar-refractivity contribution in [3.8, 4) is 0 Å². The molecule has 11 heavy (non-hydrogen) atoms. The third-order valence-corrected chi connectivity index (χ3v) is 1.12. The van der Waals surface area contributed by atoms with Crippen molar-refractivity contribution in [3.63, 3.8) is 0 Å². The van der Waals surface area contributed by atoms with E-state index in [1.807, 2.05) is 0 Å². The standard InChI is InChI=1S/C6H10O5/c7-2-1-4(8)3-5(9)6(10)11/h4,7-8H,1-3H2,(H,10,11). The van der Waals surface area contributed by atoms with Gasteiger partial charge in [-0.05, 0) is 6.42 Å². The number of aliphatic carboxylic acids is 1. The number of hydrogen-bond donors (Lipinski definition) is 3. The van der Waals surface area contributed by atoms with Crippen molar-refractivity contribution in [1.82, 2.24) is 0 Å². The summed E-state index contributed by atoms with van der Waals surface area (Å²) in [5, 5.41) is 25.2. The van der Waals surface area contributed by atoms with Crippen LogP contribution in [0.3, 0.4) is 0 Å². The Morgan fingerprint density at radius 2 is 1.91 bits per heavy atom. The monoisotopic (exact) mass is 162 g/mol. The Bertz CT molecular complexity index is 153. The molecule has 0 aromatic carbocycles. The molecule has 0 saturated carbocycles. The van der Waals surface area contributed by atoms with Gasteiger partial charge < -0.3 is 15.3 Å². The number of aliphatic hydroxyl groups excluding tert-OH is 2. The lowest BCUT2D eigenvalue weighted by Crippen LogP contribution is -2.20. The topological polar surface area (TPSA) is 94.8 Å². The number of carboxylic acids is 1. The zero-order valence-electron chi connectivity index (χ0n) is 5.86. The van der Waals surface area contributed by atoms with Crippen LogP contribution in [0.1, 0.15) is 12.8 Å². The summed E-state index contributed by atoms with van der Waals surface area (Å²) >= 11 is 0. The van der Waals surface area contributed by atoms with E-state index in [9.17, 15) is 9.59 Å². The molecular formula is C6H10O5. The highest BCUT2D eigenvalue weighted by molar-refractivity contribution is 6.32. The van der Waals surface area contributed by atoms with E-state index in [1.54, 1.807) is 0 Å². The lowest BCUT2D eigenvalue weighted by atomic mass is 10.1. The van der Waals surface area contributed by atoms with E-state index >= 15 is 0 Å². The molecule has 0 fully saturated rings. The molecule has 0 saturated heterocycles. The van der Waals surface area contributed by atoms with E-state index in [0.29, 0.717) is 0 Å². The lowest BCUT2D eigenvalue weighted by Gasteiger charge is -2.04. The molecule has 0 aliphatic rings. The number of rotatable bonds is 5. The van der Waals surface area contributed by atoms with Gasteiger partial charge in [-0.3, -0.25) is 4.79 Å². The third kappa shape index (κ3) is 4.46. The molecule has 1 atom stereocenters. The molecule has 5 heteroatoms. The summed E-state index contributed by atoms with van der Waals surface area (Å²) in [5.74, 6) is -2.59. The molecule has 0 heterocycles. The first kappa shape index (κ1) is 10.1. The fourth-order valence-electron chi connectivity index (χ4n) is 0.552. The number of ketones is 1. The molecule has 0 aromatic heterocycles. The van der Waals surface area contributed by atoms with E-state index in [4.69, 9.17) is 15.3 Å². The van der Waals surface area contributed by atoms with Crippen LogP contribution in [0.25, 0.3) is 0 Å². The highest BCUT2D eigenvalue weighted by Crippen LogP contribution is 1.97. The van der Waals surface area contributed by atoms with E-state index in [1.165, 1.54) is 0 Å². The van der Waals surface area contributed by atoms with Gasteiger partial charge in [-0.2, -0.15) is 0 Å².